The number of ketones is 1. The number of hydrogen-bond donors (Lipinski definition) is 0. The van der Waals surface area contributed by atoms with Crippen LogP contribution in [0.15, 0.2) is 11.6 Å². The Labute approximate surface area is 94.0 Å². The monoisotopic (exact) mass is 220 g/mol. The predicted molar refractivity (Wildman–Crippen MR) is 67.2 cm³/mol. The van der Waals surface area contributed by atoms with Crippen LogP contribution in [0.4, 0.5) is 0 Å². The van der Waals surface area contributed by atoms with Gasteiger partial charge in [-0.25, -0.2) is 0 Å². The van der Waals surface area contributed by atoms with Crippen molar-refractivity contribution in [3.05, 3.63) is 11.6 Å². The van der Waals surface area contributed by atoms with E-state index >= 15 is 0 Å². The zero-order valence-corrected chi connectivity index (χ0v) is 11.4. The maximum Gasteiger partial charge on any atom is 0.176 e. The molecule has 1 aliphatic rings. The fraction of sp³-hybridized carbons (Fsp3) is 0.615. The molecular weight excluding hydrogens is 200 g/mol. The SMILES string of the molecule is CC1(C)CCC=C(C#C[Si](C)(C)C)C1=O. The van der Waals surface area contributed by atoms with Crippen molar-refractivity contribution in [3.8, 4) is 11.5 Å². The lowest BCUT2D eigenvalue weighted by Gasteiger charge is -2.26. The first kappa shape index (κ1) is 12.3. The molecule has 1 rings (SSSR count). The predicted octanol–water partition coefficient (Wildman–Crippen LogP) is 3.18. The van der Waals surface area contributed by atoms with Crippen molar-refractivity contribution in [3.63, 3.8) is 0 Å². The first-order valence-corrected chi connectivity index (χ1v) is 9.00. The average molecular weight is 220 g/mol. The van der Waals surface area contributed by atoms with E-state index in [2.05, 4.69) is 31.1 Å². The number of carbonyl (C=O) groups excluding carboxylic acids is 1. The Morgan fingerprint density at radius 1 is 1.33 bits per heavy atom. The summed E-state index contributed by atoms with van der Waals surface area (Å²) in [5.74, 6) is 3.31. The summed E-state index contributed by atoms with van der Waals surface area (Å²) in [6, 6.07) is 0. The molecule has 0 aromatic rings. The van der Waals surface area contributed by atoms with Crippen LogP contribution in [0.3, 0.4) is 0 Å². The number of allylic oxidation sites excluding steroid dienone is 2. The van der Waals surface area contributed by atoms with Crippen molar-refractivity contribution >= 4 is 13.9 Å². The summed E-state index contributed by atoms with van der Waals surface area (Å²) >= 11 is 0. The fourth-order valence-corrected chi connectivity index (χ4v) is 2.02. The minimum atomic E-state index is -1.37. The van der Waals surface area contributed by atoms with Crippen molar-refractivity contribution in [1.29, 1.82) is 0 Å². The van der Waals surface area contributed by atoms with E-state index in [1.165, 1.54) is 0 Å². The maximum absolute atomic E-state index is 12.0. The van der Waals surface area contributed by atoms with Gasteiger partial charge in [-0.05, 0) is 12.8 Å². The zero-order valence-electron chi connectivity index (χ0n) is 10.4. The lowest BCUT2D eigenvalue weighted by atomic mass is 9.76. The molecule has 2 heteroatoms. The summed E-state index contributed by atoms with van der Waals surface area (Å²) in [6.07, 6.45) is 3.93. The Bertz CT molecular complexity index is 358. The van der Waals surface area contributed by atoms with E-state index in [1.54, 1.807) is 0 Å². The third kappa shape index (κ3) is 3.35. The Kier molecular flexibility index (Phi) is 3.25. The van der Waals surface area contributed by atoms with Crippen LogP contribution in [0.25, 0.3) is 0 Å². The number of hydrogen-bond acceptors (Lipinski definition) is 1. The molecule has 15 heavy (non-hydrogen) atoms. The van der Waals surface area contributed by atoms with Gasteiger partial charge in [0.15, 0.2) is 5.78 Å². The Morgan fingerprint density at radius 3 is 2.47 bits per heavy atom. The van der Waals surface area contributed by atoms with Gasteiger partial charge in [-0.2, -0.15) is 0 Å². The van der Waals surface area contributed by atoms with Gasteiger partial charge in [-0.1, -0.05) is 45.5 Å². The van der Waals surface area contributed by atoms with Crippen LogP contribution in [0, 0.1) is 16.9 Å². The molecule has 1 aliphatic carbocycles. The van der Waals surface area contributed by atoms with Crippen LogP contribution in [0.1, 0.15) is 26.7 Å². The molecule has 0 N–H and O–H groups in total. The summed E-state index contributed by atoms with van der Waals surface area (Å²) in [5.41, 5.74) is 3.79. The molecule has 0 aromatic carbocycles. The molecule has 0 aliphatic heterocycles. The van der Waals surface area contributed by atoms with Crippen molar-refractivity contribution in [1.82, 2.24) is 0 Å². The minimum absolute atomic E-state index is 0.210. The van der Waals surface area contributed by atoms with Crippen molar-refractivity contribution in [2.24, 2.45) is 5.41 Å². The van der Waals surface area contributed by atoms with Gasteiger partial charge in [0.2, 0.25) is 0 Å². The van der Waals surface area contributed by atoms with E-state index in [0.717, 1.165) is 18.4 Å². The van der Waals surface area contributed by atoms with Gasteiger partial charge in [0, 0.05) is 5.41 Å². The smallest absolute Gasteiger partial charge is 0.176 e. The highest BCUT2D eigenvalue weighted by atomic mass is 28.3. The van der Waals surface area contributed by atoms with Crippen LogP contribution in [-0.2, 0) is 4.79 Å². The van der Waals surface area contributed by atoms with Crippen LogP contribution in [0.2, 0.25) is 19.6 Å². The van der Waals surface area contributed by atoms with E-state index in [9.17, 15) is 4.79 Å². The van der Waals surface area contributed by atoms with Gasteiger partial charge >= 0.3 is 0 Å². The lowest BCUT2D eigenvalue weighted by molar-refractivity contribution is -0.123. The second kappa shape index (κ2) is 3.98. The van der Waals surface area contributed by atoms with Gasteiger partial charge in [-0.3, -0.25) is 4.79 Å². The first-order valence-electron chi connectivity index (χ1n) is 5.50. The molecule has 0 saturated heterocycles. The van der Waals surface area contributed by atoms with Crippen molar-refractivity contribution in [2.75, 3.05) is 0 Å². The Morgan fingerprint density at radius 2 is 1.93 bits per heavy atom. The number of Topliss-reactive ketones (excluding diaryl/α,β-unsaturated/α-hetero) is 1. The van der Waals surface area contributed by atoms with E-state index in [1.807, 2.05) is 19.9 Å². The van der Waals surface area contributed by atoms with Gasteiger partial charge in [-0.15, -0.1) is 5.54 Å². The summed E-state index contributed by atoms with van der Waals surface area (Å²) in [7, 11) is -1.37. The molecule has 82 valence electrons. The van der Waals surface area contributed by atoms with E-state index in [4.69, 9.17) is 0 Å². The van der Waals surface area contributed by atoms with Crippen LogP contribution in [-0.4, -0.2) is 13.9 Å². The molecule has 0 unspecified atom stereocenters. The van der Waals surface area contributed by atoms with Crippen molar-refractivity contribution < 1.29 is 4.79 Å². The van der Waals surface area contributed by atoms with E-state index in [0.29, 0.717) is 0 Å². The minimum Gasteiger partial charge on any atom is -0.293 e. The Hall–Kier alpha value is -0.813. The second-order valence-corrected chi connectivity index (χ2v) is 10.6. The molecule has 0 saturated carbocycles. The van der Waals surface area contributed by atoms with Crippen molar-refractivity contribution in [2.45, 2.75) is 46.3 Å². The summed E-state index contributed by atoms with van der Waals surface area (Å²) in [4.78, 5) is 12.0. The highest BCUT2D eigenvalue weighted by molar-refractivity contribution is 6.83. The third-order valence-electron chi connectivity index (χ3n) is 2.55. The van der Waals surface area contributed by atoms with E-state index < -0.39 is 8.07 Å². The quantitative estimate of drug-likeness (QED) is 0.452. The first-order chi connectivity index (χ1) is 6.72. The summed E-state index contributed by atoms with van der Waals surface area (Å²) in [6.45, 7) is 10.6. The maximum atomic E-state index is 12.0. The van der Waals surface area contributed by atoms with Crippen LogP contribution in [0.5, 0.6) is 0 Å². The normalized spacial score (nSPS) is 20.3. The zero-order chi connectivity index (χ0) is 11.7. The molecule has 0 spiro atoms. The summed E-state index contributed by atoms with van der Waals surface area (Å²) < 4.78 is 0. The molecule has 0 heterocycles. The third-order valence-corrected chi connectivity index (χ3v) is 3.42. The fourth-order valence-electron chi connectivity index (χ4n) is 1.51. The molecule has 1 nitrogen and oxygen atoms in total. The topological polar surface area (TPSA) is 17.1 Å². The van der Waals surface area contributed by atoms with Gasteiger partial charge < -0.3 is 0 Å². The van der Waals surface area contributed by atoms with E-state index in [-0.39, 0.29) is 11.2 Å². The van der Waals surface area contributed by atoms with Gasteiger partial charge in [0.1, 0.15) is 8.07 Å². The largest absolute Gasteiger partial charge is 0.293 e. The summed E-state index contributed by atoms with van der Waals surface area (Å²) in [5, 5.41) is 0. The molecule has 0 aromatic heterocycles. The molecule has 0 fully saturated rings. The Balaban J connectivity index is 2.92. The number of rotatable bonds is 0. The molecule has 0 atom stereocenters. The molecule has 0 bridgehead atoms. The highest BCUT2D eigenvalue weighted by Gasteiger charge is 2.31. The van der Waals surface area contributed by atoms with Gasteiger partial charge in [0.05, 0.1) is 5.57 Å². The number of carbonyl (C=O) groups is 1. The molecular formula is C13H20OSi. The van der Waals surface area contributed by atoms with Gasteiger partial charge in [0.25, 0.3) is 0 Å². The molecule has 0 amide bonds. The average Bonchev–Trinajstić information content (AvgIpc) is 2.06. The standard InChI is InChI=1S/C13H20OSi/c1-13(2)9-6-7-11(12(13)14)8-10-15(3,4)5/h7H,6,9H2,1-5H3. The highest BCUT2D eigenvalue weighted by Crippen LogP contribution is 2.31. The van der Waals surface area contributed by atoms with Crippen LogP contribution < -0.4 is 0 Å². The second-order valence-electron chi connectivity index (χ2n) is 5.87. The molecule has 0 radical (unpaired) electrons. The lowest BCUT2D eigenvalue weighted by Crippen LogP contribution is -2.28. The van der Waals surface area contributed by atoms with Crippen LogP contribution >= 0.6 is 0 Å².